The molecule has 1 aliphatic heterocycles. The maximum Gasteiger partial charge on any atom is 0.131 e. The summed E-state index contributed by atoms with van der Waals surface area (Å²) in [6, 6.07) is 6.57. The fourth-order valence-electron chi connectivity index (χ4n) is 2.73. The minimum absolute atomic E-state index is 0.295. The normalized spacial score (nSPS) is 20.9. The van der Waals surface area contributed by atoms with Gasteiger partial charge in [0.15, 0.2) is 0 Å². The summed E-state index contributed by atoms with van der Waals surface area (Å²) < 4.78 is 0. The summed E-state index contributed by atoms with van der Waals surface area (Å²) in [7, 11) is 0. The minimum Gasteiger partial charge on any atom is -0.300 e. The quantitative estimate of drug-likeness (QED) is 0.819. The number of aryl methyl sites for hydroxylation is 1. The molecule has 1 unspecified atom stereocenters. The van der Waals surface area contributed by atoms with Crippen LogP contribution in [0.2, 0.25) is 0 Å². The third-order valence-corrected chi connectivity index (χ3v) is 3.58. The first-order valence-electron chi connectivity index (χ1n) is 6.81. The number of rotatable bonds is 4. The molecule has 0 aliphatic carbocycles. The molecule has 3 nitrogen and oxygen atoms in total. The Labute approximate surface area is 109 Å². The summed E-state index contributed by atoms with van der Waals surface area (Å²) in [4.78, 5) is 18.3. The zero-order valence-electron chi connectivity index (χ0n) is 11.4. The molecule has 1 saturated heterocycles. The van der Waals surface area contributed by atoms with E-state index < -0.39 is 0 Å². The number of hydrogen-bond acceptors (Lipinski definition) is 3. The van der Waals surface area contributed by atoms with E-state index in [1.54, 1.807) is 6.92 Å². The van der Waals surface area contributed by atoms with Gasteiger partial charge >= 0.3 is 0 Å². The fourth-order valence-corrected chi connectivity index (χ4v) is 2.73. The second-order valence-corrected chi connectivity index (χ2v) is 5.30. The molecule has 2 rings (SSSR count). The lowest BCUT2D eigenvalue weighted by atomic mass is 9.97. The van der Waals surface area contributed by atoms with Crippen molar-refractivity contribution in [3.8, 4) is 0 Å². The minimum atomic E-state index is 0.295. The Kier molecular flexibility index (Phi) is 4.48. The molecule has 0 spiro atoms. The van der Waals surface area contributed by atoms with Crippen molar-refractivity contribution in [3.63, 3.8) is 0 Å². The van der Waals surface area contributed by atoms with Gasteiger partial charge in [-0.3, -0.25) is 14.7 Å². The highest BCUT2D eigenvalue weighted by molar-refractivity contribution is 5.76. The van der Waals surface area contributed by atoms with Crippen molar-refractivity contribution in [1.29, 1.82) is 0 Å². The van der Waals surface area contributed by atoms with Gasteiger partial charge in [0.2, 0.25) is 0 Å². The van der Waals surface area contributed by atoms with Crippen LogP contribution in [0, 0.1) is 6.92 Å². The van der Waals surface area contributed by atoms with Crippen LogP contribution in [-0.4, -0.2) is 28.3 Å². The highest BCUT2D eigenvalue weighted by Gasteiger charge is 2.23. The highest BCUT2D eigenvalue weighted by Crippen LogP contribution is 2.21. The molecular weight excluding hydrogens is 224 g/mol. The maximum absolute atomic E-state index is 11.3. The van der Waals surface area contributed by atoms with E-state index in [9.17, 15) is 4.79 Å². The van der Waals surface area contributed by atoms with E-state index in [-0.39, 0.29) is 0 Å². The van der Waals surface area contributed by atoms with Crippen molar-refractivity contribution in [1.82, 2.24) is 9.88 Å². The van der Waals surface area contributed by atoms with Gasteiger partial charge in [0.05, 0.1) is 5.69 Å². The Morgan fingerprint density at radius 3 is 3.00 bits per heavy atom. The van der Waals surface area contributed by atoms with Gasteiger partial charge in [-0.2, -0.15) is 0 Å². The van der Waals surface area contributed by atoms with E-state index in [1.807, 2.05) is 13.0 Å². The van der Waals surface area contributed by atoms with Crippen molar-refractivity contribution >= 4 is 5.78 Å². The van der Waals surface area contributed by atoms with Crippen LogP contribution < -0.4 is 0 Å². The predicted octanol–water partition coefficient (Wildman–Crippen LogP) is 2.72. The molecule has 3 heteroatoms. The lowest BCUT2D eigenvalue weighted by molar-refractivity contribution is -0.118. The molecule has 18 heavy (non-hydrogen) atoms. The second kappa shape index (κ2) is 6.10. The average molecular weight is 246 g/mol. The van der Waals surface area contributed by atoms with Crippen LogP contribution in [0.15, 0.2) is 18.2 Å². The molecule has 0 N–H and O–H groups in total. The molecule has 0 amide bonds. The smallest absolute Gasteiger partial charge is 0.131 e. The van der Waals surface area contributed by atoms with Crippen molar-refractivity contribution in [2.24, 2.45) is 0 Å². The molecule has 0 radical (unpaired) electrons. The van der Waals surface area contributed by atoms with Crippen molar-refractivity contribution in [2.75, 3.05) is 6.54 Å². The maximum atomic E-state index is 11.3. The number of pyridine rings is 1. The molecule has 2 heterocycles. The number of Topliss-reactive ketones (excluding diaryl/α,β-unsaturated/α-hetero) is 1. The topological polar surface area (TPSA) is 33.2 Å². The molecule has 1 aromatic rings. The largest absolute Gasteiger partial charge is 0.300 e. The Morgan fingerprint density at radius 2 is 2.28 bits per heavy atom. The zero-order chi connectivity index (χ0) is 13.0. The van der Waals surface area contributed by atoms with Gasteiger partial charge in [-0.25, -0.2) is 0 Å². The lowest BCUT2D eigenvalue weighted by Gasteiger charge is -2.35. The summed E-state index contributed by atoms with van der Waals surface area (Å²) in [6.45, 7) is 5.68. The Morgan fingerprint density at radius 1 is 1.44 bits per heavy atom. The number of aromatic nitrogens is 1. The molecule has 0 aromatic carbocycles. The Bertz CT molecular complexity index is 417. The molecule has 1 fully saturated rings. The number of piperidine rings is 1. The molecule has 0 saturated carbocycles. The van der Waals surface area contributed by atoms with Gasteiger partial charge in [0.1, 0.15) is 5.78 Å². The summed E-state index contributed by atoms with van der Waals surface area (Å²) in [6.07, 6.45) is 4.31. The first-order valence-corrected chi connectivity index (χ1v) is 6.81. The lowest BCUT2D eigenvalue weighted by Crippen LogP contribution is -2.40. The van der Waals surface area contributed by atoms with E-state index in [0.29, 0.717) is 18.2 Å². The first kappa shape index (κ1) is 13.2. The average Bonchev–Trinajstić information content (AvgIpc) is 2.31. The molecular formula is C15H22N2O. The number of carbonyl (C=O) groups is 1. The summed E-state index contributed by atoms with van der Waals surface area (Å²) in [5.41, 5.74) is 2.18. The number of likely N-dealkylation sites (tertiary alicyclic amines) is 1. The van der Waals surface area contributed by atoms with Crippen LogP contribution in [0.1, 0.15) is 44.0 Å². The molecule has 1 aliphatic rings. The van der Waals surface area contributed by atoms with Gasteiger partial charge in [-0.15, -0.1) is 0 Å². The standard InChI is InChI=1S/C15H22N2O/c1-12-6-5-7-14(16-12)11-17-9-4-3-8-15(17)10-13(2)18/h5-7,15H,3-4,8-11H2,1-2H3. The molecule has 1 atom stereocenters. The summed E-state index contributed by atoms with van der Waals surface area (Å²) >= 11 is 0. The third-order valence-electron chi connectivity index (χ3n) is 3.58. The van der Waals surface area contributed by atoms with E-state index >= 15 is 0 Å². The van der Waals surface area contributed by atoms with Crippen LogP contribution in [0.5, 0.6) is 0 Å². The number of nitrogens with zero attached hydrogens (tertiary/aromatic N) is 2. The van der Waals surface area contributed by atoms with Crippen LogP contribution in [0.4, 0.5) is 0 Å². The highest BCUT2D eigenvalue weighted by atomic mass is 16.1. The first-order chi connectivity index (χ1) is 8.65. The number of ketones is 1. The van der Waals surface area contributed by atoms with Gasteiger partial charge in [0, 0.05) is 24.7 Å². The summed E-state index contributed by atoms with van der Waals surface area (Å²) in [5, 5.41) is 0. The monoisotopic (exact) mass is 246 g/mol. The Balaban J connectivity index is 2.03. The zero-order valence-corrected chi connectivity index (χ0v) is 11.4. The van der Waals surface area contributed by atoms with E-state index in [2.05, 4.69) is 22.0 Å². The molecule has 98 valence electrons. The molecule has 1 aromatic heterocycles. The van der Waals surface area contributed by atoms with Gasteiger partial charge in [-0.1, -0.05) is 12.5 Å². The van der Waals surface area contributed by atoms with Crippen LogP contribution >= 0.6 is 0 Å². The van der Waals surface area contributed by atoms with Gasteiger partial charge < -0.3 is 0 Å². The van der Waals surface area contributed by atoms with Crippen molar-refractivity contribution in [3.05, 3.63) is 29.6 Å². The van der Waals surface area contributed by atoms with Gasteiger partial charge in [0.25, 0.3) is 0 Å². The van der Waals surface area contributed by atoms with Crippen LogP contribution in [0.25, 0.3) is 0 Å². The molecule has 0 bridgehead atoms. The SMILES string of the molecule is CC(=O)CC1CCCCN1Cc1cccc(C)n1. The van der Waals surface area contributed by atoms with Crippen LogP contribution in [0.3, 0.4) is 0 Å². The van der Waals surface area contributed by atoms with Crippen molar-refractivity contribution in [2.45, 2.75) is 52.1 Å². The van der Waals surface area contributed by atoms with E-state index in [4.69, 9.17) is 0 Å². The third kappa shape index (κ3) is 3.64. The fraction of sp³-hybridized carbons (Fsp3) is 0.600. The summed E-state index contributed by atoms with van der Waals surface area (Å²) in [5.74, 6) is 0.295. The number of hydrogen-bond donors (Lipinski definition) is 0. The van der Waals surface area contributed by atoms with E-state index in [1.165, 1.54) is 12.8 Å². The van der Waals surface area contributed by atoms with E-state index in [0.717, 1.165) is 30.9 Å². The van der Waals surface area contributed by atoms with Crippen LogP contribution in [-0.2, 0) is 11.3 Å². The van der Waals surface area contributed by atoms with Gasteiger partial charge in [-0.05, 0) is 45.4 Å². The Hall–Kier alpha value is -1.22. The second-order valence-electron chi connectivity index (χ2n) is 5.30. The number of carbonyl (C=O) groups excluding carboxylic acids is 1. The predicted molar refractivity (Wildman–Crippen MR) is 72.3 cm³/mol. The van der Waals surface area contributed by atoms with Crippen molar-refractivity contribution < 1.29 is 4.79 Å².